The van der Waals surface area contributed by atoms with Crippen LogP contribution in [0.2, 0.25) is 10.0 Å². The fraction of sp³-hybridized carbons (Fsp3) is 0.407. The van der Waals surface area contributed by atoms with Crippen LogP contribution in [-0.2, 0) is 16.1 Å². The number of nitrogens with zero attached hydrogens (tertiary/aromatic N) is 4. The van der Waals surface area contributed by atoms with Crippen LogP contribution in [0.25, 0.3) is 0 Å². The number of anilines is 1. The van der Waals surface area contributed by atoms with Gasteiger partial charge in [-0.2, -0.15) is 4.68 Å². The van der Waals surface area contributed by atoms with Crippen molar-refractivity contribution in [3.05, 3.63) is 67.2 Å². The van der Waals surface area contributed by atoms with Gasteiger partial charge in [0.15, 0.2) is 11.5 Å². The van der Waals surface area contributed by atoms with Crippen LogP contribution in [0.5, 0.6) is 11.5 Å². The number of hydrogen-bond acceptors (Lipinski definition) is 8. The molecule has 0 amide bonds. The Morgan fingerprint density at radius 1 is 1.15 bits per heavy atom. The number of fused-ring (bicyclic) bond motifs is 1. The second kappa shape index (κ2) is 12.1. The summed E-state index contributed by atoms with van der Waals surface area (Å²) in [6.45, 7) is 4.33. The van der Waals surface area contributed by atoms with Crippen molar-refractivity contribution >= 4 is 51.0 Å². The Hall–Kier alpha value is -2.82. The average Bonchev–Trinajstić information content (AvgIpc) is 3.37. The van der Waals surface area contributed by atoms with E-state index in [0.717, 1.165) is 36.8 Å². The molecule has 0 spiro atoms. The van der Waals surface area contributed by atoms with Gasteiger partial charge in [-0.05, 0) is 95.7 Å². The number of aromatic nitrogens is 4. The fourth-order valence-corrected chi connectivity index (χ4v) is 5.96. The summed E-state index contributed by atoms with van der Waals surface area (Å²) in [7, 11) is 0. The van der Waals surface area contributed by atoms with E-state index in [2.05, 4.69) is 36.8 Å². The van der Waals surface area contributed by atoms with Crippen molar-refractivity contribution in [3.8, 4) is 11.5 Å². The van der Waals surface area contributed by atoms with Gasteiger partial charge in [-0.1, -0.05) is 40.8 Å². The molecule has 9 nitrogen and oxygen atoms in total. The molecule has 1 fully saturated rings. The molecule has 1 aromatic heterocycles. The van der Waals surface area contributed by atoms with E-state index >= 15 is 0 Å². The average molecular weight is 637 g/mol. The van der Waals surface area contributed by atoms with Crippen LogP contribution in [-0.4, -0.2) is 38.9 Å². The number of nitrogens with one attached hydrogen (secondary N) is 1. The predicted octanol–water partition coefficient (Wildman–Crippen LogP) is 6.88. The summed E-state index contributed by atoms with van der Waals surface area (Å²) in [5, 5.41) is 16.3. The van der Waals surface area contributed by atoms with E-state index in [-0.39, 0.29) is 18.7 Å². The Morgan fingerprint density at radius 3 is 2.69 bits per heavy atom. The van der Waals surface area contributed by atoms with Crippen LogP contribution in [0, 0.1) is 0 Å². The summed E-state index contributed by atoms with van der Waals surface area (Å²) < 4.78 is 20.3. The summed E-state index contributed by atoms with van der Waals surface area (Å²) >= 11 is 16.0. The molecule has 5 rings (SSSR count). The molecule has 1 unspecified atom stereocenters. The Labute approximate surface area is 244 Å². The van der Waals surface area contributed by atoms with Gasteiger partial charge in [0, 0.05) is 21.3 Å². The van der Waals surface area contributed by atoms with Crippen LogP contribution in [0.1, 0.15) is 63.1 Å². The molecule has 39 heavy (non-hydrogen) atoms. The molecule has 1 aliphatic carbocycles. The predicted molar refractivity (Wildman–Crippen MR) is 151 cm³/mol. The molecule has 1 N–H and O–H groups in total. The molecule has 3 aromatic rings. The lowest BCUT2D eigenvalue weighted by Gasteiger charge is -2.30. The summed E-state index contributed by atoms with van der Waals surface area (Å²) in [5.41, 5.74) is 2.58. The third kappa shape index (κ3) is 6.02. The van der Waals surface area contributed by atoms with Gasteiger partial charge in [0.1, 0.15) is 18.8 Å². The molecule has 1 atom stereocenters. The first-order valence-corrected chi connectivity index (χ1v) is 14.4. The van der Waals surface area contributed by atoms with E-state index in [0.29, 0.717) is 49.8 Å². The molecule has 2 aliphatic rings. The van der Waals surface area contributed by atoms with E-state index in [1.54, 1.807) is 16.8 Å². The smallest absolute Gasteiger partial charge is 0.338 e. The number of carbonyl (C=O) groups excluding carboxylic acids is 1. The van der Waals surface area contributed by atoms with E-state index in [1.165, 1.54) is 6.42 Å². The molecule has 206 valence electrons. The number of benzene rings is 2. The molecule has 1 saturated carbocycles. The van der Waals surface area contributed by atoms with Crippen molar-refractivity contribution < 1.29 is 19.0 Å². The first-order valence-electron chi connectivity index (χ1n) is 12.8. The standard InChI is InChI=1S/C27H28BrCl2N5O4/c1-3-37-22-12-17(11-20(28)25(22)38-14-16-9-10-18(29)13-21(16)30)24-23(15(2)31-27-32-33-34-35(24)27)26(36)39-19-7-5-4-6-8-19/h9-13,19,24H,3-8,14H2,1-2H3,(H,31,32,34). The highest BCUT2D eigenvalue weighted by molar-refractivity contribution is 9.10. The molecule has 12 heteroatoms. The minimum Gasteiger partial charge on any atom is -0.490 e. The van der Waals surface area contributed by atoms with Crippen LogP contribution < -0.4 is 14.8 Å². The van der Waals surface area contributed by atoms with Gasteiger partial charge in [0.25, 0.3) is 0 Å². The Kier molecular flexibility index (Phi) is 8.64. The summed E-state index contributed by atoms with van der Waals surface area (Å²) in [6.07, 6.45) is 4.93. The number of esters is 1. The second-order valence-corrected chi connectivity index (χ2v) is 11.2. The summed E-state index contributed by atoms with van der Waals surface area (Å²) in [6, 6.07) is 8.34. The SMILES string of the molecule is CCOc1cc(C2C(C(=O)OC3CCCCC3)=C(C)Nc3nnnn32)cc(Br)c1OCc1ccc(Cl)cc1Cl. The first kappa shape index (κ1) is 27.7. The largest absolute Gasteiger partial charge is 0.490 e. The van der Waals surface area contributed by atoms with Crippen molar-refractivity contribution in [1.29, 1.82) is 0 Å². The van der Waals surface area contributed by atoms with Crippen molar-refractivity contribution in [3.63, 3.8) is 0 Å². The minimum absolute atomic E-state index is 0.0938. The third-order valence-corrected chi connectivity index (χ3v) is 7.97. The van der Waals surface area contributed by atoms with E-state index in [1.807, 2.05) is 32.0 Å². The van der Waals surface area contributed by atoms with Crippen molar-refractivity contribution in [2.24, 2.45) is 0 Å². The van der Waals surface area contributed by atoms with Crippen molar-refractivity contribution in [2.75, 3.05) is 11.9 Å². The van der Waals surface area contributed by atoms with Gasteiger partial charge in [0.2, 0.25) is 5.95 Å². The number of hydrogen-bond donors (Lipinski definition) is 1. The third-order valence-electron chi connectivity index (χ3n) is 6.79. The van der Waals surface area contributed by atoms with E-state index < -0.39 is 6.04 Å². The quantitative estimate of drug-likeness (QED) is 0.267. The van der Waals surface area contributed by atoms with E-state index in [9.17, 15) is 4.79 Å². The lowest BCUT2D eigenvalue weighted by atomic mass is 9.94. The number of rotatable bonds is 8. The van der Waals surface area contributed by atoms with E-state index in [4.69, 9.17) is 37.4 Å². The minimum atomic E-state index is -0.636. The molecule has 2 heterocycles. The molecular weight excluding hydrogens is 609 g/mol. The van der Waals surface area contributed by atoms with Gasteiger partial charge in [-0.15, -0.1) is 0 Å². The number of halogens is 3. The topological polar surface area (TPSA) is 100 Å². The van der Waals surface area contributed by atoms with Crippen LogP contribution >= 0.6 is 39.1 Å². The van der Waals surface area contributed by atoms with Gasteiger partial charge >= 0.3 is 5.97 Å². The maximum atomic E-state index is 13.6. The van der Waals surface area contributed by atoms with Crippen LogP contribution in [0.3, 0.4) is 0 Å². The molecule has 0 bridgehead atoms. The van der Waals surface area contributed by atoms with Crippen molar-refractivity contribution in [2.45, 2.75) is 64.7 Å². The number of carbonyl (C=O) groups is 1. The second-order valence-electron chi connectivity index (χ2n) is 9.47. The van der Waals surface area contributed by atoms with Gasteiger partial charge in [0.05, 0.1) is 16.7 Å². The number of allylic oxidation sites excluding steroid dienone is 1. The zero-order valence-corrected chi connectivity index (χ0v) is 24.6. The van der Waals surface area contributed by atoms with Gasteiger partial charge < -0.3 is 19.5 Å². The first-order chi connectivity index (χ1) is 18.9. The Bertz CT molecular complexity index is 1410. The summed E-state index contributed by atoms with van der Waals surface area (Å²) in [4.78, 5) is 13.6. The maximum Gasteiger partial charge on any atom is 0.338 e. The lowest BCUT2D eigenvalue weighted by Crippen LogP contribution is -2.32. The molecule has 0 saturated heterocycles. The Morgan fingerprint density at radius 2 is 1.95 bits per heavy atom. The zero-order chi connectivity index (χ0) is 27.5. The number of tetrazole rings is 1. The van der Waals surface area contributed by atoms with Crippen LogP contribution in [0.15, 0.2) is 46.1 Å². The highest BCUT2D eigenvalue weighted by Gasteiger charge is 2.37. The fourth-order valence-electron chi connectivity index (χ4n) is 4.92. The normalized spacial score (nSPS) is 17.4. The number of ether oxygens (including phenoxy) is 3. The highest BCUT2D eigenvalue weighted by Crippen LogP contribution is 2.43. The molecule has 2 aromatic carbocycles. The lowest BCUT2D eigenvalue weighted by molar-refractivity contribution is -0.146. The Balaban J connectivity index is 1.50. The van der Waals surface area contributed by atoms with Gasteiger partial charge in [-0.25, -0.2) is 4.79 Å². The summed E-state index contributed by atoms with van der Waals surface area (Å²) in [5.74, 6) is 1.05. The van der Waals surface area contributed by atoms with Gasteiger partial charge in [-0.3, -0.25) is 0 Å². The maximum absolute atomic E-state index is 13.6. The van der Waals surface area contributed by atoms with Crippen LogP contribution in [0.4, 0.5) is 5.95 Å². The monoisotopic (exact) mass is 635 g/mol. The zero-order valence-electron chi connectivity index (χ0n) is 21.5. The van der Waals surface area contributed by atoms with Crippen molar-refractivity contribution in [1.82, 2.24) is 20.2 Å². The molecule has 0 radical (unpaired) electrons. The highest BCUT2D eigenvalue weighted by atomic mass is 79.9. The molecular formula is C27H28BrCl2N5O4. The molecule has 1 aliphatic heterocycles.